The standard InChI is InChI=1S/C32H41N7O2/c1-2-30(40)39-18-17-38(23-27(39)11-13-33)31-28-10-9-26(37-16-12-24-7-3-4-8-25(24)22-37)21-29(28)34-32(35-31)41-20-19-36-14-5-6-15-36/h2-4,7-8,26-27H,1,5-6,9-12,14-23H2. The molecule has 4 heterocycles. The molecule has 0 saturated carbocycles. The first-order chi connectivity index (χ1) is 20.1. The van der Waals surface area contributed by atoms with Crippen molar-refractivity contribution in [3.05, 3.63) is 59.3 Å². The quantitative estimate of drug-likeness (QED) is 0.460. The monoisotopic (exact) mass is 555 g/mol. The lowest BCUT2D eigenvalue weighted by Gasteiger charge is -2.42. The van der Waals surface area contributed by atoms with Crippen LogP contribution < -0.4 is 9.64 Å². The topological polar surface area (TPSA) is 88.8 Å². The summed E-state index contributed by atoms with van der Waals surface area (Å²) in [4.78, 5) is 31.6. The molecule has 2 aromatic rings. The minimum Gasteiger partial charge on any atom is -0.462 e. The Kier molecular flexibility index (Phi) is 8.49. The second-order valence-electron chi connectivity index (χ2n) is 11.7. The number of fused-ring (bicyclic) bond motifs is 2. The molecule has 0 N–H and O–H groups in total. The molecule has 41 heavy (non-hydrogen) atoms. The van der Waals surface area contributed by atoms with E-state index in [2.05, 4.69) is 51.6 Å². The normalized spacial score (nSPS) is 23.0. The number of piperazine rings is 1. The van der Waals surface area contributed by atoms with Crippen molar-refractivity contribution in [3.8, 4) is 12.1 Å². The zero-order valence-corrected chi connectivity index (χ0v) is 24.0. The molecule has 9 nitrogen and oxygen atoms in total. The van der Waals surface area contributed by atoms with Crippen LogP contribution in [0, 0.1) is 11.3 Å². The summed E-state index contributed by atoms with van der Waals surface area (Å²) in [6, 6.07) is 11.8. The van der Waals surface area contributed by atoms with Crippen molar-refractivity contribution >= 4 is 11.7 Å². The molecule has 2 atom stereocenters. The molecule has 0 bridgehead atoms. The number of hydrogen-bond donors (Lipinski definition) is 0. The maximum atomic E-state index is 12.5. The lowest BCUT2D eigenvalue weighted by molar-refractivity contribution is -0.128. The fourth-order valence-corrected chi connectivity index (χ4v) is 7.03. The molecule has 1 aromatic carbocycles. The number of benzene rings is 1. The molecule has 2 saturated heterocycles. The zero-order valence-electron chi connectivity index (χ0n) is 24.0. The highest BCUT2D eigenvalue weighted by atomic mass is 16.5. The van der Waals surface area contributed by atoms with E-state index in [9.17, 15) is 10.1 Å². The second-order valence-corrected chi connectivity index (χ2v) is 11.7. The Labute approximate surface area is 243 Å². The van der Waals surface area contributed by atoms with Crippen molar-refractivity contribution < 1.29 is 9.53 Å². The van der Waals surface area contributed by atoms with Gasteiger partial charge in [0.2, 0.25) is 5.91 Å². The molecular weight excluding hydrogens is 514 g/mol. The Morgan fingerprint density at radius 2 is 1.93 bits per heavy atom. The number of carbonyl (C=O) groups is 1. The Hall–Kier alpha value is -3.48. The van der Waals surface area contributed by atoms with Gasteiger partial charge >= 0.3 is 6.01 Å². The summed E-state index contributed by atoms with van der Waals surface area (Å²) in [6.07, 6.45) is 8.09. The summed E-state index contributed by atoms with van der Waals surface area (Å²) >= 11 is 0. The average molecular weight is 556 g/mol. The van der Waals surface area contributed by atoms with Gasteiger partial charge in [0.05, 0.1) is 24.2 Å². The number of nitriles is 1. The third kappa shape index (κ3) is 6.09. The Morgan fingerprint density at radius 1 is 1.10 bits per heavy atom. The van der Waals surface area contributed by atoms with Crippen LogP contribution in [0.3, 0.4) is 0 Å². The van der Waals surface area contributed by atoms with Crippen LogP contribution in [0.15, 0.2) is 36.9 Å². The van der Waals surface area contributed by atoms with E-state index >= 15 is 0 Å². The summed E-state index contributed by atoms with van der Waals surface area (Å²) in [6.45, 7) is 11.2. The van der Waals surface area contributed by atoms with Crippen molar-refractivity contribution in [2.75, 3.05) is 57.3 Å². The molecular formula is C32H41N7O2. The predicted octanol–water partition coefficient (Wildman–Crippen LogP) is 2.98. The van der Waals surface area contributed by atoms with E-state index in [0.717, 1.165) is 69.9 Å². The number of likely N-dealkylation sites (tertiary alicyclic amines) is 1. The van der Waals surface area contributed by atoms with Gasteiger partial charge in [-0.05, 0) is 62.4 Å². The number of rotatable bonds is 8. The summed E-state index contributed by atoms with van der Waals surface area (Å²) < 4.78 is 6.21. The summed E-state index contributed by atoms with van der Waals surface area (Å²) in [5.74, 6) is 0.800. The zero-order chi connectivity index (χ0) is 28.2. The number of hydrogen-bond acceptors (Lipinski definition) is 8. The first kappa shape index (κ1) is 27.7. The number of ether oxygens (including phenoxy) is 1. The van der Waals surface area contributed by atoms with Crippen LogP contribution in [-0.4, -0.2) is 95.1 Å². The van der Waals surface area contributed by atoms with Gasteiger partial charge in [0.25, 0.3) is 0 Å². The molecule has 1 amide bonds. The highest BCUT2D eigenvalue weighted by Crippen LogP contribution is 2.34. The number of nitrogens with zero attached hydrogens (tertiary/aromatic N) is 7. The van der Waals surface area contributed by atoms with Crippen LogP contribution in [0.4, 0.5) is 5.82 Å². The molecule has 9 heteroatoms. The van der Waals surface area contributed by atoms with Gasteiger partial charge in [-0.25, -0.2) is 0 Å². The maximum Gasteiger partial charge on any atom is 0.318 e. The van der Waals surface area contributed by atoms with E-state index in [1.807, 2.05) is 0 Å². The van der Waals surface area contributed by atoms with Gasteiger partial charge in [-0.1, -0.05) is 30.8 Å². The largest absolute Gasteiger partial charge is 0.462 e. The molecule has 216 valence electrons. The van der Waals surface area contributed by atoms with Crippen LogP contribution in [0.25, 0.3) is 0 Å². The van der Waals surface area contributed by atoms with E-state index in [4.69, 9.17) is 14.7 Å². The Balaban J connectivity index is 1.24. The Bertz CT molecular complexity index is 1300. The van der Waals surface area contributed by atoms with Gasteiger partial charge in [0, 0.05) is 57.3 Å². The van der Waals surface area contributed by atoms with Crippen LogP contribution >= 0.6 is 0 Å². The maximum absolute atomic E-state index is 12.5. The molecule has 2 unspecified atom stereocenters. The lowest BCUT2D eigenvalue weighted by Crippen LogP contribution is -2.55. The van der Waals surface area contributed by atoms with Gasteiger partial charge in [-0.2, -0.15) is 15.2 Å². The van der Waals surface area contributed by atoms with Crippen LogP contribution in [0.2, 0.25) is 0 Å². The molecule has 2 fully saturated rings. The fraction of sp³-hybridized carbons (Fsp3) is 0.562. The third-order valence-corrected chi connectivity index (χ3v) is 9.29. The minimum absolute atomic E-state index is 0.119. The smallest absolute Gasteiger partial charge is 0.318 e. The predicted molar refractivity (Wildman–Crippen MR) is 158 cm³/mol. The number of amides is 1. The molecule has 0 radical (unpaired) electrons. The second kappa shape index (κ2) is 12.6. The first-order valence-corrected chi connectivity index (χ1v) is 15.2. The summed E-state index contributed by atoms with van der Waals surface area (Å²) in [5, 5.41) is 9.50. The highest BCUT2D eigenvalue weighted by Gasteiger charge is 2.35. The van der Waals surface area contributed by atoms with Crippen molar-refractivity contribution in [1.29, 1.82) is 5.26 Å². The number of anilines is 1. The van der Waals surface area contributed by atoms with Crippen molar-refractivity contribution in [2.45, 2.75) is 63.6 Å². The first-order valence-electron chi connectivity index (χ1n) is 15.2. The van der Waals surface area contributed by atoms with E-state index in [-0.39, 0.29) is 18.4 Å². The average Bonchev–Trinajstić information content (AvgIpc) is 3.53. The van der Waals surface area contributed by atoms with E-state index in [1.165, 1.54) is 35.6 Å². The number of carbonyl (C=O) groups excluding carboxylic acids is 1. The SMILES string of the molecule is C=CC(=O)N1CCN(c2nc(OCCN3CCCC3)nc3c2CCC(N2CCc4ccccc4C2)C3)CC1CC#N. The summed E-state index contributed by atoms with van der Waals surface area (Å²) in [7, 11) is 0. The van der Waals surface area contributed by atoms with Crippen LogP contribution in [0.1, 0.15) is 48.1 Å². The molecule has 0 spiro atoms. The lowest BCUT2D eigenvalue weighted by atomic mass is 9.88. The van der Waals surface area contributed by atoms with Crippen molar-refractivity contribution in [3.63, 3.8) is 0 Å². The van der Waals surface area contributed by atoms with Crippen molar-refractivity contribution in [2.24, 2.45) is 0 Å². The summed E-state index contributed by atoms with van der Waals surface area (Å²) in [5.41, 5.74) is 5.20. The van der Waals surface area contributed by atoms with Crippen LogP contribution in [0.5, 0.6) is 6.01 Å². The fourth-order valence-electron chi connectivity index (χ4n) is 7.03. The molecule has 6 rings (SSSR count). The Morgan fingerprint density at radius 3 is 2.73 bits per heavy atom. The van der Waals surface area contributed by atoms with Crippen LogP contribution in [-0.2, 0) is 30.6 Å². The van der Waals surface area contributed by atoms with Gasteiger partial charge in [-0.15, -0.1) is 0 Å². The van der Waals surface area contributed by atoms with Crippen molar-refractivity contribution in [1.82, 2.24) is 24.7 Å². The molecule has 3 aliphatic heterocycles. The van der Waals surface area contributed by atoms with E-state index in [0.29, 0.717) is 38.3 Å². The van der Waals surface area contributed by atoms with Gasteiger partial charge in [0.1, 0.15) is 12.4 Å². The van der Waals surface area contributed by atoms with Gasteiger partial charge < -0.3 is 14.5 Å². The molecule has 1 aromatic heterocycles. The van der Waals surface area contributed by atoms with E-state index < -0.39 is 0 Å². The highest BCUT2D eigenvalue weighted by molar-refractivity contribution is 5.87. The molecule has 1 aliphatic carbocycles. The molecule has 4 aliphatic rings. The van der Waals surface area contributed by atoms with Gasteiger partial charge in [-0.3, -0.25) is 14.6 Å². The van der Waals surface area contributed by atoms with Gasteiger partial charge in [0.15, 0.2) is 0 Å². The minimum atomic E-state index is -0.200. The third-order valence-electron chi connectivity index (χ3n) is 9.29. The number of aromatic nitrogens is 2. The van der Waals surface area contributed by atoms with E-state index in [1.54, 1.807) is 4.90 Å².